The average Bonchev–Trinajstić information content (AvgIpc) is 2.60. The topological polar surface area (TPSA) is 78.5 Å². The third-order valence-corrected chi connectivity index (χ3v) is 4.10. The van der Waals surface area contributed by atoms with Crippen LogP contribution in [0.3, 0.4) is 0 Å². The van der Waals surface area contributed by atoms with Crippen LogP contribution in [0.5, 0.6) is 0 Å². The van der Waals surface area contributed by atoms with Gasteiger partial charge in [-0.2, -0.15) is 0 Å². The fourth-order valence-corrected chi connectivity index (χ4v) is 2.86. The highest BCUT2D eigenvalue weighted by atomic mass is 16.2. The van der Waals surface area contributed by atoms with E-state index in [1.807, 2.05) is 18.2 Å². The van der Waals surface area contributed by atoms with Gasteiger partial charge in [0, 0.05) is 37.5 Å². The summed E-state index contributed by atoms with van der Waals surface area (Å²) in [5, 5.41) is 5.59. The lowest BCUT2D eigenvalue weighted by molar-refractivity contribution is -0.123. The van der Waals surface area contributed by atoms with Gasteiger partial charge in [0.05, 0.1) is 5.92 Å². The van der Waals surface area contributed by atoms with Crippen LogP contribution in [-0.2, 0) is 9.59 Å². The van der Waals surface area contributed by atoms with E-state index in [0.29, 0.717) is 16.9 Å². The fraction of sp³-hybridized carbons (Fsp3) is 0.211. The predicted octanol–water partition coefficient (Wildman–Crippen LogP) is 2.45. The molecule has 0 saturated heterocycles. The van der Waals surface area contributed by atoms with Crippen LogP contribution >= 0.6 is 0 Å². The van der Waals surface area contributed by atoms with Crippen molar-refractivity contribution >= 4 is 29.1 Å². The van der Waals surface area contributed by atoms with Crippen LogP contribution in [0, 0.1) is 0 Å². The number of carbonyl (C=O) groups is 3. The third-order valence-electron chi connectivity index (χ3n) is 4.10. The number of anilines is 2. The Kier molecular flexibility index (Phi) is 4.52. The van der Waals surface area contributed by atoms with Crippen LogP contribution in [0.2, 0.25) is 0 Å². The first-order chi connectivity index (χ1) is 12.0. The normalized spacial score (nSPS) is 15.8. The van der Waals surface area contributed by atoms with Gasteiger partial charge in [0.2, 0.25) is 11.8 Å². The van der Waals surface area contributed by atoms with E-state index >= 15 is 0 Å². The second-order valence-electron chi connectivity index (χ2n) is 6.16. The van der Waals surface area contributed by atoms with Crippen LogP contribution in [0.4, 0.5) is 11.4 Å². The molecular weight excluding hydrogens is 318 g/mol. The standard InChI is InChI=1S/C19H19N3O3/c1-22(2)19(25)12-6-5-7-13(10-12)20-18(24)15-11-17(23)21-16-9-4-3-8-14(15)16/h3-10,15H,11H2,1-2H3,(H,20,24)(H,21,23). The van der Waals surface area contributed by atoms with Gasteiger partial charge < -0.3 is 15.5 Å². The van der Waals surface area contributed by atoms with Crippen LogP contribution < -0.4 is 10.6 Å². The summed E-state index contributed by atoms with van der Waals surface area (Å²) in [6, 6.07) is 14.0. The highest BCUT2D eigenvalue weighted by Crippen LogP contribution is 2.32. The molecule has 1 aliphatic heterocycles. The lowest BCUT2D eigenvalue weighted by atomic mass is 9.90. The molecule has 6 nitrogen and oxygen atoms in total. The van der Waals surface area contributed by atoms with Gasteiger partial charge in [-0.3, -0.25) is 14.4 Å². The number of carbonyl (C=O) groups excluding carboxylic acids is 3. The van der Waals surface area contributed by atoms with E-state index in [1.165, 1.54) is 4.90 Å². The van der Waals surface area contributed by atoms with E-state index in [4.69, 9.17) is 0 Å². The van der Waals surface area contributed by atoms with Crippen molar-refractivity contribution in [1.29, 1.82) is 0 Å². The molecule has 6 heteroatoms. The van der Waals surface area contributed by atoms with Gasteiger partial charge in [0.1, 0.15) is 0 Å². The molecule has 25 heavy (non-hydrogen) atoms. The Bertz CT molecular complexity index is 845. The van der Waals surface area contributed by atoms with Crippen molar-refractivity contribution in [3.05, 3.63) is 59.7 Å². The first-order valence-corrected chi connectivity index (χ1v) is 7.97. The van der Waals surface area contributed by atoms with Crippen molar-refractivity contribution in [2.24, 2.45) is 0 Å². The Morgan fingerprint density at radius 2 is 1.88 bits per heavy atom. The molecule has 1 heterocycles. The zero-order chi connectivity index (χ0) is 18.0. The highest BCUT2D eigenvalue weighted by Gasteiger charge is 2.30. The van der Waals surface area contributed by atoms with E-state index < -0.39 is 5.92 Å². The largest absolute Gasteiger partial charge is 0.345 e. The molecule has 2 N–H and O–H groups in total. The molecule has 2 aromatic carbocycles. The van der Waals surface area contributed by atoms with E-state index in [-0.39, 0.29) is 24.1 Å². The predicted molar refractivity (Wildman–Crippen MR) is 95.5 cm³/mol. The number of benzene rings is 2. The molecule has 3 rings (SSSR count). The Hall–Kier alpha value is -3.15. The van der Waals surface area contributed by atoms with Crippen LogP contribution in [0.15, 0.2) is 48.5 Å². The van der Waals surface area contributed by atoms with Crippen molar-refractivity contribution < 1.29 is 14.4 Å². The minimum Gasteiger partial charge on any atom is -0.345 e. The highest BCUT2D eigenvalue weighted by molar-refractivity contribution is 6.05. The molecule has 128 valence electrons. The van der Waals surface area contributed by atoms with Gasteiger partial charge >= 0.3 is 0 Å². The minimum atomic E-state index is -0.557. The number of amides is 3. The zero-order valence-electron chi connectivity index (χ0n) is 14.1. The van der Waals surface area contributed by atoms with E-state index in [9.17, 15) is 14.4 Å². The number of para-hydroxylation sites is 1. The lowest BCUT2D eigenvalue weighted by Crippen LogP contribution is -2.30. The van der Waals surface area contributed by atoms with Crippen LogP contribution in [0.25, 0.3) is 0 Å². The van der Waals surface area contributed by atoms with Crippen molar-refractivity contribution in [3.8, 4) is 0 Å². The average molecular weight is 337 g/mol. The molecule has 0 radical (unpaired) electrons. The Morgan fingerprint density at radius 1 is 1.12 bits per heavy atom. The van der Waals surface area contributed by atoms with Gasteiger partial charge in [0.15, 0.2) is 0 Å². The quantitative estimate of drug-likeness (QED) is 0.903. The minimum absolute atomic E-state index is 0.0964. The number of nitrogens with zero attached hydrogens (tertiary/aromatic N) is 1. The van der Waals surface area contributed by atoms with E-state index in [0.717, 1.165) is 5.56 Å². The smallest absolute Gasteiger partial charge is 0.253 e. The van der Waals surface area contributed by atoms with Gasteiger partial charge in [-0.05, 0) is 29.8 Å². The first-order valence-electron chi connectivity index (χ1n) is 7.97. The molecular formula is C19H19N3O3. The molecule has 1 aliphatic rings. The van der Waals surface area contributed by atoms with E-state index in [2.05, 4.69) is 10.6 Å². The van der Waals surface area contributed by atoms with Crippen molar-refractivity contribution in [2.75, 3.05) is 24.7 Å². The van der Waals surface area contributed by atoms with Gasteiger partial charge in [0.25, 0.3) is 5.91 Å². The SMILES string of the molecule is CN(C)C(=O)c1cccc(NC(=O)C2CC(=O)Nc3ccccc32)c1. The first kappa shape index (κ1) is 16.7. The molecule has 2 aromatic rings. The van der Waals surface area contributed by atoms with Crippen molar-refractivity contribution in [3.63, 3.8) is 0 Å². The van der Waals surface area contributed by atoms with Crippen LogP contribution in [0.1, 0.15) is 28.3 Å². The molecule has 0 saturated carbocycles. The summed E-state index contributed by atoms with van der Waals surface area (Å²) in [5.74, 6) is -1.15. The molecule has 0 aliphatic carbocycles. The Morgan fingerprint density at radius 3 is 2.64 bits per heavy atom. The second-order valence-corrected chi connectivity index (χ2v) is 6.16. The summed E-state index contributed by atoms with van der Waals surface area (Å²) in [6.45, 7) is 0. The third kappa shape index (κ3) is 3.52. The zero-order valence-corrected chi connectivity index (χ0v) is 14.1. The summed E-state index contributed by atoms with van der Waals surface area (Å²) in [5.41, 5.74) is 2.47. The summed E-state index contributed by atoms with van der Waals surface area (Å²) in [7, 11) is 3.34. The van der Waals surface area contributed by atoms with Crippen molar-refractivity contribution in [2.45, 2.75) is 12.3 Å². The fourth-order valence-electron chi connectivity index (χ4n) is 2.86. The molecule has 0 fully saturated rings. The second kappa shape index (κ2) is 6.76. The maximum atomic E-state index is 12.7. The number of hydrogen-bond acceptors (Lipinski definition) is 3. The van der Waals surface area contributed by atoms with Gasteiger partial charge in [-0.1, -0.05) is 24.3 Å². The number of fused-ring (bicyclic) bond motifs is 1. The van der Waals surface area contributed by atoms with Gasteiger partial charge in [-0.25, -0.2) is 0 Å². The molecule has 0 bridgehead atoms. The maximum absolute atomic E-state index is 12.7. The van der Waals surface area contributed by atoms with Crippen LogP contribution in [-0.4, -0.2) is 36.7 Å². The Labute approximate surface area is 145 Å². The summed E-state index contributed by atoms with van der Waals surface area (Å²) in [4.78, 5) is 38.1. The van der Waals surface area contributed by atoms with E-state index in [1.54, 1.807) is 44.4 Å². The number of nitrogens with one attached hydrogen (secondary N) is 2. The number of hydrogen-bond donors (Lipinski definition) is 2. The molecule has 0 aromatic heterocycles. The monoisotopic (exact) mass is 337 g/mol. The summed E-state index contributed by atoms with van der Waals surface area (Å²) >= 11 is 0. The lowest BCUT2D eigenvalue weighted by Gasteiger charge is -2.24. The molecule has 1 unspecified atom stereocenters. The maximum Gasteiger partial charge on any atom is 0.253 e. The Balaban J connectivity index is 1.83. The van der Waals surface area contributed by atoms with Gasteiger partial charge in [-0.15, -0.1) is 0 Å². The molecule has 3 amide bonds. The summed E-state index contributed by atoms with van der Waals surface area (Å²) < 4.78 is 0. The number of rotatable bonds is 3. The molecule has 1 atom stereocenters. The summed E-state index contributed by atoms with van der Waals surface area (Å²) in [6.07, 6.45) is 0.0964. The molecule has 0 spiro atoms. The van der Waals surface area contributed by atoms with Crippen molar-refractivity contribution in [1.82, 2.24) is 4.90 Å².